The third-order valence-electron chi connectivity index (χ3n) is 1.07. The van der Waals surface area contributed by atoms with Crippen LogP contribution in [-0.4, -0.2) is 28.2 Å². The van der Waals surface area contributed by atoms with Crippen LogP contribution in [0.4, 0.5) is 5.13 Å². The Hall–Kier alpha value is -0.730. The summed E-state index contributed by atoms with van der Waals surface area (Å²) in [6.45, 7) is 0.890. The number of aromatic nitrogens is 2. The van der Waals surface area contributed by atoms with Crippen molar-refractivity contribution < 1.29 is 0 Å². The lowest BCUT2D eigenvalue weighted by Crippen LogP contribution is -2.03. The van der Waals surface area contributed by atoms with Gasteiger partial charge in [-0.1, -0.05) is 17.3 Å². The number of hydrogen-bond donors (Lipinski definition) is 1. The van der Waals surface area contributed by atoms with E-state index >= 15 is 0 Å². The van der Waals surface area contributed by atoms with Crippen LogP contribution in [0.25, 0.3) is 0 Å². The highest BCUT2D eigenvalue weighted by Crippen LogP contribution is 2.07. The van der Waals surface area contributed by atoms with Crippen molar-refractivity contribution in [2.45, 2.75) is 0 Å². The van der Waals surface area contributed by atoms with Gasteiger partial charge in [0.05, 0.1) is 5.75 Å². The first kappa shape index (κ1) is 9.36. The number of hydrogen-bond acceptors (Lipinski definition) is 5. The second kappa shape index (κ2) is 5.86. The molecule has 0 bridgehead atoms. The van der Waals surface area contributed by atoms with Crippen LogP contribution in [0, 0.1) is 12.3 Å². The molecule has 64 valence electrons. The van der Waals surface area contributed by atoms with Crippen LogP contribution < -0.4 is 5.32 Å². The van der Waals surface area contributed by atoms with Crippen LogP contribution in [0.1, 0.15) is 0 Å². The van der Waals surface area contributed by atoms with Crippen molar-refractivity contribution in [3.63, 3.8) is 0 Å². The molecule has 0 aliphatic carbocycles. The van der Waals surface area contributed by atoms with E-state index in [2.05, 4.69) is 21.4 Å². The summed E-state index contributed by atoms with van der Waals surface area (Å²) in [5.74, 6) is 4.35. The van der Waals surface area contributed by atoms with Crippen LogP contribution in [-0.2, 0) is 0 Å². The summed E-state index contributed by atoms with van der Waals surface area (Å²) in [6.07, 6.45) is 5.09. The molecular weight excluding hydrogens is 190 g/mol. The van der Waals surface area contributed by atoms with Gasteiger partial charge in [-0.2, -0.15) is 0 Å². The molecule has 0 saturated heterocycles. The molecule has 0 radical (unpaired) electrons. The minimum absolute atomic E-state index is 0.776. The maximum atomic E-state index is 5.09. The van der Waals surface area contributed by atoms with Gasteiger partial charge in [-0.05, 0) is 0 Å². The summed E-state index contributed by atoms with van der Waals surface area (Å²) >= 11 is 3.24. The average molecular weight is 199 g/mol. The Morgan fingerprint density at radius 3 is 3.33 bits per heavy atom. The maximum absolute atomic E-state index is 5.09. The van der Waals surface area contributed by atoms with Crippen molar-refractivity contribution in [3.05, 3.63) is 5.51 Å². The lowest BCUT2D eigenvalue weighted by molar-refractivity contribution is 1.07. The smallest absolute Gasteiger partial charge is 0.205 e. The topological polar surface area (TPSA) is 37.8 Å². The number of anilines is 1. The predicted octanol–water partition coefficient (Wildman–Crippen LogP) is 1.32. The third-order valence-corrected chi connectivity index (χ3v) is 2.58. The van der Waals surface area contributed by atoms with Crippen LogP contribution in [0.3, 0.4) is 0 Å². The predicted molar refractivity (Wildman–Crippen MR) is 54.6 cm³/mol. The number of nitrogens with zero attached hydrogens (tertiary/aromatic N) is 2. The Morgan fingerprint density at radius 2 is 2.67 bits per heavy atom. The second-order valence-electron chi connectivity index (χ2n) is 1.93. The highest BCUT2D eigenvalue weighted by Gasteiger charge is 1.92. The monoisotopic (exact) mass is 199 g/mol. The summed E-state index contributed by atoms with van der Waals surface area (Å²) in [5, 5.41) is 11.6. The summed E-state index contributed by atoms with van der Waals surface area (Å²) in [4.78, 5) is 0. The van der Waals surface area contributed by atoms with E-state index < -0.39 is 0 Å². The fourth-order valence-corrected chi connectivity index (χ4v) is 1.59. The van der Waals surface area contributed by atoms with Crippen molar-refractivity contribution >= 4 is 28.2 Å². The molecule has 1 aromatic heterocycles. The van der Waals surface area contributed by atoms with Gasteiger partial charge in [0.1, 0.15) is 5.51 Å². The first-order valence-electron chi connectivity index (χ1n) is 3.44. The minimum atomic E-state index is 0.776. The Labute approximate surface area is 80.0 Å². The van der Waals surface area contributed by atoms with Crippen LogP contribution >= 0.6 is 23.1 Å². The molecule has 3 nitrogen and oxygen atoms in total. The van der Waals surface area contributed by atoms with Crippen molar-refractivity contribution in [1.82, 2.24) is 10.2 Å². The number of rotatable bonds is 5. The normalized spacial score (nSPS) is 9.25. The molecule has 0 fully saturated rings. The third kappa shape index (κ3) is 3.60. The molecule has 0 aromatic carbocycles. The fraction of sp³-hybridized carbons (Fsp3) is 0.429. The van der Waals surface area contributed by atoms with Gasteiger partial charge in [-0.15, -0.1) is 28.4 Å². The van der Waals surface area contributed by atoms with E-state index in [4.69, 9.17) is 6.42 Å². The standard InChI is InChI=1S/C7H9N3S2/c1-2-4-11-5-3-8-7-10-9-6-12-7/h1,6H,3-5H2,(H,8,10). The van der Waals surface area contributed by atoms with Gasteiger partial charge < -0.3 is 5.32 Å². The summed E-state index contributed by atoms with van der Waals surface area (Å²) in [7, 11) is 0. The molecule has 1 heterocycles. The van der Waals surface area contributed by atoms with Gasteiger partial charge in [0.2, 0.25) is 5.13 Å². The van der Waals surface area contributed by atoms with Crippen molar-refractivity contribution in [2.24, 2.45) is 0 Å². The van der Waals surface area contributed by atoms with Gasteiger partial charge in [0.25, 0.3) is 0 Å². The molecule has 0 saturated carbocycles. The van der Waals surface area contributed by atoms with Crippen LogP contribution in [0.2, 0.25) is 0 Å². The van der Waals surface area contributed by atoms with E-state index in [0.29, 0.717) is 0 Å². The van der Waals surface area contributed by atoms with Crippen LogP contribution in [0.15, 0.2) is 5.51 Å². The molecule has 12 heavy (non-hydrogen) atoms. The lowest BCUT2D eigenvalue weighted by atomic mass is 10.7. The zero-order chi connectivity index (χ0) is 8.65. The first-order valence-corrected chi connectivity index (χ1v) is 5.48. The Bertz CT molecular complexity index is 240. The number of thioether (sulfide) groups is 1. The maximum Gasteiger partial charge on any atom is 0.205 e. The fourth-order valence-electron chi connectivity index (χ4n) is 0.611. The van der Waals surface area contributed by atoms with E-state index in [1.165, 1.54) is 11.3 Å². The molecule has 0 unspecified atom stereocenters. The molecule has 0 aliphatic heterocycles. The number of terminal acetylenes is 1. The van der Waals surface area contributed by atoms with Gasteiger partial charge >= 0.3 is 0 Å². The van der Waals surface area contributed by atoms with Crippen molar-refractivity contribution in [2.75, 3.05) is 23.4 Å². The Kier molecular flexibility index (Phi) is 4.57. The van der Waals surface area contributed by atoms with Gasteiger partial charge in [0.15, 0.2) is 0 Å². The molecule has 1 N–H and O–H groups in total. The quantitative estimate of drug-likeness (QED) is 0.573. The molecule has 0 spiro atoms. The molecule has 1 rings (SSSR count). The van der Waals surface area contributed by atoms with E-state index in [-0.39, 0.29) is 0 Å². The highest BCUT2D eigenvalue weighted by atomic mass is 32.2. The SMILES string of the molecule is C#CCSCCNc1nncs1. The Morgan fingerprint density at radius 1 is 1.75 bits per heavy atom. The molecule has 0 atom stereocenters. The zero-order valence-electron chi connectivity index (χ0n) is 6.49. The zero-order valence-corrected chi connectivity index (χ0v) is 8.12. The lowest BCUT2D eigenvalue weighted by Gasteiger charge is -1.98. The second-order valence-corrected chi connectivity index (χ2v) is 3.87. The van der Waals surface area contributed by atoms with Crippen LogP contribution in [0.5, 0.6) is 0 Å². The molecule has 5 heteroatoms. The molecule has 0 amide bonds. The van der Waals surface area contributed by atoms with E-state index in [1.807, 2.05) is 0 Å². The van der Waals surface area contributed by atoms with E-state index in [0.717, 1.165) is 23.2 Å². The van der Waals surface area contributed by atoms with Crippen molar-refractivity contribution in [3.8, 4) is 12.3 Å². The van der Waals surface area contributed by atoms with Gasteiger partial charge in [0, 0.05) is 12.3 Å². The molecule has 0 aliphatic rings. The van der Waals surface area contributed by atoms with Gasteiger partial charge in [-0.25, -0.2) is 0 Å². The van der Waals surface area contributed by atoms with Crippen molar-refractivity contribution in [1.29, 1.82) is 0 Å². The highest BCUT2D eigenvalue weighted by molar-refractivity contribution is 7.99. The molecule has 1 aromatic rings. The summed E-state index contributed by atoms with van der Waals surface area (Å²) in [5.41, 5.74) is 1.71. The van der Waals surface area contributed by atoms with E-state index in [9.17, 15) is 0 Å². The average Bonchev–Trinajstić information content (AvgIpc) is 2.57. The summed E-state index contributed by atoms with van der Waals surface area (Å²) < 4.78 is 0. The minimum Gasteiger partial charge on any atom is -0.359 e. The molecular formula is C7H9N3S2. The van der Waals surface area contributed by atoms with Gasteiger partial charge in [-0.3, -0.25) is 0 Å². The Balaban J connectivity index is 2.01. The first-order chi connectivity index (χ1) is 5.93. The summed E-state index contributed by atoms with van der Waals surface area (Å²) in [6, 6.07) is 0. The largest absolute Gasteiger partial charge is 0.359 e. The van der Waals surface area contributed by atoms with E-state index in [1.54, 1.807) is 17.3 Å². The number of nitrogens with one attached hydrogen (secondary N) is 1.